The molecule has 0 aliphatic heterocycles. The van der Waals surface area contributed by atoms with Gasteiger partial charge in [0.25, 0.3) is 5.91 Å². The molecule has 5 heteroatoms. The van der Waals surface area contributed by atoms with Gasteiger partial charge in [-0.3, -0.25) is 4.79 Å². The maximum absolute atomic E-state index is 12.4. The number of para-hydroxylation sites is 3. The number of hydrogen-bond acceptors (Lipinski definition) is 3. The molecule has 1 heterocycles. The van der Waals surface area contributed by atoms with Crippen LogP contribution in [-0.2, 0) is 13.0 Å². The third kappa shape index (κ3) is 4.47. The summed E-state index contributed by atoms with van der Waals surface area (Å²) in [6.07, 6.45) is 3.04. The number of carbonyl (C=O) groups is 1. The van der Waals surface area contributed by atoms with E-state index in [2.05, 4.69) is 40.0 Å². The van der Waals surface area contributed by atoms with Crippen LogP contribution in [-0.4, -0.2) is 17.4 Å². The predicted molar refractivity (Wildman–Crippen MR) is 119 cm³/mol. The van der Waals surface area contributed by atoms with E-state index in [4.69, 9.17) is 5.73 Å². The third-order valence-corrected chi connectivity index (χ3v) is 5.00. The molecule has 1 amide bonds. The second kappa shape index (κ2) is 8.63. The molecular formula is C24H24N4O. The number of benzene rings is 3. The Kier molecular flexibility index (Phi) is 5.59. The van der Waals surface area contributed by atoms with Crippen molar-refractivity contribution in [2.75, 3.05) is 17.6 Å². The predicted octanol–water partition coefficient (Wildman–Crippen LogP) is 4.33. The molecule has 1 aromatic heterocycles. The molecule has 0 bridgehead atoms. The van der Waals surface area contributed by atoms with Crippen molar-refractivity contribution in [3.05, 3.63) is 95.7 Å². The molecule has 0 fully saturated rings. The van der Waals surface area contributed by atoms with E-state index in [0.717, 1.165) is 25.1 Å². The fraction of sp³-hybridized carbons (Fsp3) is 0.125. The van der Waals surface area contributed by atoms with Crippen molar-refractivity contribution in [2.45, 2.75) is 13.0 Å². The lowest BCUT2D eigenvalue weighted by Crippen LogP contribution is -2.17. The van der Waals surface area contributed by atoms with Gasteiger partial charge in [-0.1, -0.05) is 42.5 Å². The van der Waals surface area contributed by atoms with Gasteiger partial charge < -0.3 is 21.4 Å². The summed E-state index contributed by atoms with van der Waals surface area (Å²) in [4.78, 5) is 15.7. The van der Waals surface area contributed by atoms with Gasteiger partial charge in [0.05, 0.1) is 11.4 Å². The molecule has 4 rings (SSSR count). The van der Waals surface area contributed by atoms with E-state index < -0.39 is 0 Å². The van der Waals surface area contributed by atoms with Crippen LogP contribution in [0.15, 0.2) is 79.0 Å². The van der Waals surface area contributed by atoms with Crippen molar-refractivity contribution in [3.63, 3.8) is 0 Å². The number of aromatic amines is 1. The monoisotopic (exact) mass is 384 g/mol. The Balaban J connectivity index is 1.28. The van der Waals surface area contributed by atoms with Crippen molar-refractivity contribution >= 4 is 28.2 Å². The number of rotatable bonds is 7. The second-order valence-electron chi connectivity index (χ2n) is 7.02. The molecule has 0 aliphatic carbocycles. The fourth-order valence-corrected chi connectivity index (χ4v) is 3.37. The van der Waals surface area contributed by atoms with Gasteiger partial charge in [-0.2, -0.15) is 0 Å². The SMILES string of the molecule is Nc1ccccc1NC(=O)c1ccc(CNCCc2c[nH]c3ccccc23)cc1. The van der Waals surface area contributed by atoms with Crippen LogP contribution < -0.4 is 16.4 Å². The van der Waals surface area contributed by atoms with Gasteiger partial charge >= 0.3 is 0 Å². The molecule has 0 saturated heterocycles. The molecular weight excluding hydrogens is 360 g/mol. The lowest BCUT2D eigenvalue weighted by molar-refractivity contribution is 0.102. The third-order valence-electron chi connectivity index (χ3n) is 5.00. The van der Waals surface area contributed by atoms with E-state index in [0.29, 0.717) is 16.9 Å². The van der Waals surface area contributed by atoms with Crippen LogP contribution in [0.1, 0.15) is 21.5 Å². The van der Waals surface area contributed by atoms with E-state index in [1.54, 1.807) is 12.1 Å². The minimum absolute atomic E-state index is 0.165. The summed E-state index contributed by atoms with van der Waals surface area (Å²) in [6.45, 7) is 1.65. The van der Waals surface area contributed by atoms with Crippen LogP contribution in [0.4, 0.5) is 11.4 Å². The van der Waals surface area contributed by atoms with Crippen LogP contribution in [0.3, 0.4) is 0 Å². The van der Waals surface area contributed by atoms with Gasteiger partial charge in [-0.25, -0.2) is 0 Å². The summed E-state index contributed by atoms with van der Waals surface area (Å²) in [5, 5.41) is 7.60. The van der Waals surface area contributed by atoms with Crippen LogP contribution in [0.5, 0.6) is 0 Å². The van der Waals surface area contributed by atoms with Crippen LogP contribution in [0.2, 0.25) is 0 Å². The first-order chi connectivity index (χ1) is 14.2. The highest BCUT2D eigenvalue weighted by Crippen LogP contribution is 2.19. The zero-order valence-electron chi connectivity index (χ0n) is 16.1. The number of fused-ring (bicyclic) bond motifs is 1. The highest BCUT2D eigenvalue weighted by molar-refractivity contribution is 6.05. The molecule has 5 N–H and O–H groups in total. The second-order valence-corrected chi connectivity index (χ2v) is 7.02. The normalized spacial score (nSPS) is 10.9. The van der Waals surface area contributed by atoms with E-state index in [1.807, 2.05) is 42.5 Å². The summed E-state index contributed by atoms with van der Waals surface area (Å²) < 4.78 is 0. The smallest absolute Gasteiger partial charge is 0.255 e. The van der Waals surface area contributed by atoms with Gasteiger partial charge in [0.2, 0.25) is 0 Å². The Bertz CT molecular complexity index is 1120. The number of nitrogens with one attached hydrogen (secondary N) is 3. The minimum atomic E-state index is -0.165. The number of nitrogens with two attached hydrogens (primary N) is 1. The van der Waals surface area contributed by atoms with E-state index in [1.165, 1.54) is 16.5 Å². The molecule has 0 aliphatic rings. The van der Waals surface area contributed by atoms with Crippen molar-refractivity contribution in [2.24, 2.45) is 0 Å². The average Bonchev–Trinajstić information content (AvgIpc) is 3.16. The van der Waals surface area contributed by atoms with Gasteiger partial charge in [-0.05, 0) is 54.4 Å². The topological polar surface area (TPSA) is 82.9 Å². The number of H-pyrrole nitrogens is 1. The van der Waals surface area contributed by atoms with Crippen LogP contribution >= 0.6 is 0 Å². The number of anilines is 2. The molecule has 3 aromatic carbocycles. The van der Waals surface area contributed by atoms with Gasteiger partial charge in [0.15, 0.2) is 0 Å². The molecule has 0 radical (unpaired) electrons. The van der Waals surface area contributed by atoms with Crippen molar-refractivity contribution in [1.29, 1.82) is 0 Å². The summed E-state index contributed by atoms with van der Waals surface area (Å²) in [7, 11) is 0. The number of aromatic nitrogens is 1. The maximum atomic E-state index is 12.4. The van der Waals surface area contributed by atoms with E-state index >= 15 is 0 Å². The van der Waals surface area contributed by atoms with Gasteiger partial charge in [-0.15, -0.1) is 0 Å². The number of nitrogen functional groups attached to an aromatic ring is 1. The summed E-state index contributed by atoms with van der Waals surface area (Å²) in [5.41, 5.74) is 11.3. The average molecular weight is 384 g/mol. The Hall–Kier alpha value is -3.57. The fourth-order valence-electron chi connectivity index (χ4n) is 3.37. The number of amides is 1. The zero-order valence-corrected chi connectivity index (χ0v) is 16.1. The summed E-state index contributed by atoms with van der Waals surface area (Å²) in [5.74, 6) is -0.165. The Morgan fingerprint density at radius 2 is 1.69 bits per heavy atom. The molecule has 4 aromatic rings. The van der Waals surface area contributed by atoms with Gasteiger partial charge in [0, 0.05) is 29.2 Å². The molecule has 0 atom stereocenters. The lowest BCUT2D eigenvalue weighted by atomic mass is 10.1. The van der Waals surface area contributed by atoms with Crippen LogP contribution in [0.25, 0.3) is 10.9 Å². The molecule has 0 unspecified atom stereocenters. The van der Waals surface area contributed by atoms with Crippen molar-refractivity contribution in [1.82, 2.24) is 10.3 Å². The van der Waals surface area contributed by atoms with Crippen molar-refractivity contribution in [3.8, 4) is 0 Å². The first-order valence-corrected chi connectivity index (χ1v) is 9.71. The Morgan fingerprint density at radius 1 is 0.931 bits per heavy atom. The minimum Gasteiger partial charge on any atom is -0.397 e. The largest absolute Gasteiger partial charge is 0.397 e. The summed E-state index contributed by atoms with van der Waals surface area (Å²) >= 11 is 0. The molecule has 146 valence electrons. The number of carbonyl (C=O) groups excluding carboxylic acids is 1. The maximum Gasteiger partial charge on any atom is 0.255 e. The Morgan fingerprint density at radius 3 is 2.52 bits per heavy atom. The molecule has 0 spiro atoms. The quantitative estimate of drug-likeness (QED) is 0.283. The first kappa shape index (κ1) is 18.8. The van der Waals surface area contributed by atoms with Crippen LogP contribution in [0, 0.1) is 0 Å². The van der Waals surface area contributed by atoms with Crippen molar-refractivity contribution < 1.29 is 4.79 Å². The highest BCUT2D eigenvalue weighted by Gasteiger charge is 2.08. The highest BCUT2D eigenvalue weighted by atomic mass is 16.1. The Labute approximate surface area is 169 Å². The molecule has 5 nitrogen and oxygen atoms in total. The first-order valence-electron chi connectivity index (χ1n) is 9.71. The zero-order chi connectivity index (χ0) is 20.1. The number of hydrogen-bond donors (Lipinski definition) is 4. The van der Waals surface area contributed by atoms with E-state index in [-0.39, 0.29) is 5.91 Å². The standard InChI is InChI=1S/C24H24N4O/c25-21-6-2-4-8-23(21)28-24(29)18-11-9-17(10-12-18)15-26-14-13-19-16-27-22-7-3-1-5-20(19)22/h1-12,16,26-27H,13-15,25H2,(H,28,29). The molecule has 0 saturated carbocycles. The van der Waals surface area contributed by atoms with Gasteiger partial charge in [0.1, 0.15) is 0 Å². The lowest BCUT2D eigenvalue weighted by Gasteiger charge is -2.09. The van der Waals surface area contributed by atoms with E-state index in [9.17, 15) is 4.79 Å². The summed E-state index contributed by atoms with van der Waals surface area (Å²) in [6, 6.07) is 23.2. The molecule has 29 heavy (non-hydrogen) atoms.